The molecule has 5 nitrogen and oxygen atoms in total. The van der Waals surface area contributed by atoms with Crippen molar-refractivity contribution in [1.29, 1.82) is 0 Å². The molecule has 3 aliphatic rings. The van der Waals surface area contributed by atoms with Gasteiger partial charge in [0.15, 0.2) is 6.04 Å². The number of amides is 1. The summed E-state index contributed by atoms with van der Waals surface area (Å²) in [5.41, 5.74) is 0. The van der Waals surface area contributed by atoms with Crippen LogP contribution in [-0.4, -0.2) is 63.4 Å². The smallest absolute Gasteiger partial charge is 0.278 e. The van der Waals surface area contributed by atoms with Crippen LogP contribution >= 0.6 is 0 Å². The molecule has 3 rings (SSSR count). The van der Waals surface area contributed by atoms with E-state index in [4.69, 9.17) is 4.74 Å². The molecule has 3 saturated heterocycles. The fraction of sp³-hybridized carbons (Fsp3) is 0.944. The lowest BCUT2D eigenvalue weighted by atomic mass is 9.99. The lowest BCUT2D eigenvalue weighted by Crippen LogP contribution is -3.22. The van der Waals surface area contributed by atoms with E-state index in [0.717, 1.165) is 38.6 Å². The summed E-state index contributed by atoms with van der Waals surface area (Å²) in [6.45, 7) is 8.69. The highest BCUT2D eigenvalue weighted by molar-refractivity contribution is 5.79. The minimum atomic E-state index is 0.0775. The van der Waals surface area contributed by atoms with E-state index in [1.807, 2.05) is 4.90 Å². The van der Waals surface area contributed by atoms with Gasteiger partial charge in [0.2, 0.25) is 0 Å². The quantitative estimate of drug-likeness (QED) is 0.594. The first kappa shape index (κ1) is 17.2. The molecule has 0 radical (unpaired) electrons. The number of likely N-dealkylation sites (tertiary alicyclic amines) is 2. The third-order valence-corrected chi connectivity index (χ3v) is 6.23. The van der Waals surface area contributed by atoms with Gasteiger partial charge in [-0.15, -0.1) is 0 Å². The molecule has 0 aromatic rings. The summed E-state index contributed by atoms with van der Waals surface area (Å²) in [7, 11) is 0. The molecule has 0 spiro atoms. The predicted octanol–water partition coefficient (Wildman–Crippen LogP) is -1.21. The number of nitrogens with one attached hydrogen (secondary N) is 3. The number of carbonyl (C=O) groups excluding carboxylic acids is 1. The molecular formula is C18H35N3O2+2. The van der Waals surface area contributed by atoms with Gasteiger partial charge in [-0.2, -0.15) is 0 Å². The lowest BCUT2D eigenvalue weighted by molar-refractivity contribution is -0.965. The molecule has 0 aromatic carbocycles. The zero-order valence-corrected chi connectivity index (χ0v) is 14.7. The SMILES string of the molecule is C[C@H](C(=O)NC[C@@H]1CCCO1)[NH+]1CCC([NH+]2CCCCC2)CC1. The number of quaternary nitrogens is 2. The van der Waals surface area contributed by atoms with Crippen molar-refractivity contribution in [3.8, 4) is 0 Å². The van der Waals surface area contributed by atoms with Crippen LogP contribution in [0.15, 0.2) is 0 Å². The summed E-state index contributed by atoms with van der Waals surface area (Å²) in [6.07, 6.45) is 9.28. The van der Waals surface area contributed by atoms with Crippen molar-refractivity contribution in [3.63, 3.8) is 0 Å². The maximum atomic E-state index is 12.4. The fourth-order valence-electron chi connectivity index (χ4n) is 4.60. The lowest BCUT2D eigenvalue weighted by Gasteiger charge is -2.37. The minimum Gasteiger partial charge on any atom is -0.376 e. The van der Waals surface area contributed by atoms with Gasteiger partial charge < -0.3 is 19.9 Å². The summed E-state index contributed by atoms with van der Waals surface area (Å²) < 4.78 is 5.59. The Labute approximate surface area is 140 Å². The Morgan fingerprint density at radius 1 is 1.09 bits per heavy atom. The van der Waals surface area contributed by atoms with Crippen LogP contribution < -0.4 is 15.1 Å². The summed E-state index contributed by atoms with van der Waals surface area (Å²) in [5.74, 6) is 0.208. The molecule has 3 heterocycles. The Balaban J connectivity index is 1.38. The van der Waals surface area contributed by atoms with Gasteiger partial charge >= 0.3 is 0 Å². The Hall–Kier alpha value is -0.650. The number of carbonyl (C=O) groups is 1. The van der Waals surface area contributed by atoms with Crippen molar-refractivity contribution in [2.45, 2.75) is 70.1 Å². The highest BCUT2D eigenvalue weighted by atomic mass is 16.5. The molecule has 0 bridgehead atoms. The van der Waals surface area contributed by atoms with E-state index >= 15 is 0 Å². The van der Waals surface area contributed by atoms with Gasteiger partial charge in [0.25, 0.3) is 5.91 Å². The van der Waals surface area contributed by atoms with Crippen molar-refractivity contribution >= 4 is 5.91 Å². The van der Waals surface area contributed by atoms with E-state index < -0.39 is 0 Å². The maximum Gasteiger partial charge on any atom is 0.278 e. The number of rotatable bonds is 5. The first-order chi connectivity index (χ1) is 11.2. The number of hydrogen-bond acceptors (Lipinski definition) is 2. The average molecular weight is 325 g/mol. The van der Waals surface area contributed by atoms with Gasteiger partial charge in [-0.05, 0) is 39.0 Å². The topological polar surface area (TPSA) is 47.2 Å². The van der Waals surface area contributed by atoms with Crippen LogP contribution in [0.1, 0.15) is 51.9 Å². The summed E-state index contributed by atoms with van der Waals surface area (Å²) in [6, 6.07) is 0.926. The third-order valence-electron chi connectivity index (χ3n) is 6.23. The van der Waals surface area contributed by atoms with Gasteiger partial charge in [-0.1, -0.05) is 0 Å². The average Bonchev–Trinajstić information content (AvgIpc) is 3.13. The van der Waals surface area contributed by atoms with Gasteiger partial charge in [0, 0.05) is 26.0 Å². The number of ether oxygens (including phenoxy) is 1. The monoisotopic (exact) mass is 325 g/mol. The zero-order valence-electron chi connectivity index (χ0n) is 14.7. The summed E-state index contributed by atoms with van der Waals surface area (Å²) in [4.78, 5) is 15.7. The van der Waals surface area contributed by atoms with E-state index in [0.29, 0.717) is 6.54 Å². The second-order valence-corrected chi connectivity index (χ2v) is 7.75. The molecule has 3 aliphatic heterocycles. The van der Waals surface area contributed by atoms with E-state index in [1.54, 1.807) is 0 Å². The molecule has 0 unspecified atom stereocenters. The Morgan fingerprint density at radius 2 is 1.83 bits per heavy atom. The number of piperidine rings is 2. The van der Waals surface area contributed by atoms with Crippen LogP contribution in [0.25, 0.3) is 0 Å². The first-order valence-corrected chi connectivity index (χ1v) is 9.82. The van der Waals surface area contributed by atoms with Gasteiger partial charge in [0.1, 0.15) is 0 Å². The second kappa shape index (κ2) is 8.45. The van der Waals surface area contributed by atoms with E-state index in [1.165, 1.54) is 50.1 Å². The van der Waals surface area contributed by atoms with Crippen molar-refractivity contribution in [2.75, 3.05) is 39.3 Å². The fourth-order valence-corrected chi connectivity index (χ4v) is 4.60. The van der Waals surface area contributed by atoms with Gasteiger partial charge in [-0.3, -0.25) is 4.79 Å². The molecule has 132 valence electrons. The molecule has 23 heavy (non-hydrogen) atoms. The molecule has 5 heteroatoms. The molecule has 0 saturated carbocycles. The second-order valence-electron chi connectivity index (χ2n) is 7.75. The summed E-state index contributed by atoms with van der Waals surface area (Å²) >= 11 is 0. The molecule has 3 fully saturated rings. The van der Waals surface area contributed by atoms with Crippen LogP contribution in [-0.2, 0) is 9.53 Å². The predicted molar refractivity (Wildman–Crippen MR) is 89.7 cm³/mol. The largest absolute Gasteiger partial charge is 0.376 e. The Kier molecular flexibility index (Phi) is 6.31. The Bertz CT molecular complexity index is 370. The van der Waals surface area contributed by atoms with Crippen LogP contribution in [0.2, 0.25) is 0 Å². The Morgan fingerprint density at radius 3 is 2.48 bits per heavy atom. The van der Waals surface area contributed by atoms with Crippen molar-refractivity contribution in [1.82, 2.24) is 5.32 Å². The molecule has 0 aromatic heterocycles. The molecular weight excluding hydrogens is 290 g/mol. The standard InChI is InChI=1S/C18H33N3O2/c1-15(18(22)19-14-17-6-5-13-23-17)20-11-7-16(8-12-20)21-9-3-2-4-10-21/h15-17H,2-14H2,1H3,(H,19,22)/p+2/t15-,17+/m1/s1. The van der Waals surface area contributed by atoms with Crippen molar-refractivity contribution in [3.05, 3.63) is 0 Å². The zero-order chi connectivity index (χ0) is 16.1. The van der Waals surface area contributed by atoms with E-state index in [2.05, 4.69) is 12.2 Å². The van der Waals surface area contributed by atoms with Gasteiger partial charge in [0.05, 0.1) is 38.3 Å². The third kappa shape index (κ3) is 4.68. The molecule has 3 N–H and O–H groups in total. The van der Waals surface area contributed by atoms with Gasteiger partial charge in [-0.25, -0.2) is 0 Å². The molecule has 1 amide bonds. The molecule has 0 aliphatic carbocycles. The van der Waals surface area contributed by atoms with Crippen LogP contribution in [0.5, 0.6) is 0 Å². The van der Waals surface area contributed by atoms with E-state index in [9.17, 15) is 4.79 Å². The summed E-state index contributed by atoms with van der Waals surface area (Å²) in [5, 5.41) is 3.11. The first-order valence-electron chi connectivity index (χ1n) is 9.82. The number of hydrogen-bond donors (Lipinski definition) is 3. The van der Waals surface area contributed by atoms with E-state index in [-0.39, 0.29) is 18.1 Å². The highest BCUT2D eigenvalue weighted by Gasteiger charge is 2.34. The van der Waals surface area contributed by atoms with Crippen LogP contribution in [0, 0.1) is 0 Å². The maximum absolute atomic E-state index is 12.4. The molecule has 2 atom stereocenters. The minimum absolute atomic E-state index is 0.0775. The van der Waals surface area contributed by atoms with Crippen molar-refractivity contribution < 1.29 is 19.3 Å². The highest BCUT2D eigenvalue weighted by Crippen LogP contribution is 2.10. The van der Waals surface area contributed by atoms with Crippen molar-refractivity contribution in [2.24, 2.45) is 0 Å². The van der Waals surface area contributed by atoms with Crippen LogP contribution in [0.3, 0.4) is 0 Å². The van der Waals surface area contributed by atoms with Crippen LogP contribution in [0.4, 0.5) is 0 Å². The normalized spacial score (nSPS) is 34.2.